The first kappa shape index (κ1) is 25.4. The topological polar surface area (TPSA) is 112 Å². The average molecular weight is 558 g/mol. The molecule has 6 rings (SSSR count). The fourth-order valence-electron chi connectivity index (χ4n) is 6.14. The number of carbonyl (C=O) groups is 1. The van der Waals surface area contributed by atoms with Crippen molar-refractivity contribution in [1.82, 2.24) is 24.8 Å². The van der Waals surface area contributed by atoms with Crippen molar-refractivity contribution in [2.75, 3.05) is 42.1 Å². The van der Waals surface area contributed by atoms with Gasteiger partial charge in [0.2, 0.25) is 10.0 Å². The molecule has 0 spiro atoms. The highest BCUT2D eigenvalue weighted by Crippen LogP contribution is 2.35. The number of aromatic nitrogens is 3. The summed E-state index contributed by atoms with van der Waals surface area (Å²) in [6, 6.07) is 6.87. The van der Waals surface area contributed by atoms with Gasteiger partial charge in [0.1, 0.15) is 5.82 Å². The summed E-state index contributed by atoms with van der Waals surface area (Å²) < 4.78 is 28.1. The Morgan fingerprint density at radius 1 is 1.18 bits per heavy atom. The number of amides is 1. The summed E-state index contributed by atoms with van der Waals surface area (Å²) in [5, 5.41) is 8.80. The highest BCUT2D eigenvalue weighted by Gasteiger charge is 2.37. The normalized spacial score (nSPS) is 23.7. The monoisotopic (exact) mass is 557 g/mol. The molecule has 3 atom stereocenters. The van der Waals surface area contributed by atoms with Crippen LogP contribution in [0.15, 0.2) is 30.5 Å². The molecule has 3 aliphatic rings. The van der Waals surface area contributed by atoms with Crippen molar-refractivity contribution < 1.29 is 13.2 Å². The lowest BCUT2D eigenvalue weighted by Crippen LogP contribution is -2.39. The Labute approximate surface area is 227 Å². The number of anilines is 2. The molecule has 0 aliphatic carbocycles. The third-order valence-electron chi connectivity index (χ3n) is 7.90. The fourth-order valence-corrected chi connectivity index (χ4v) is 6.89. The second kappa shape index (κ2) is 9.69. The van der Waals surface area contributed by atoms with Crippen molar-refractivity contribution in [3.8, 4) is 0 Å². The van der Waals surface area contributed by atoms with Crippen LogP contribution in [0.2, 0.25) is 5.02 Å². The van der Waals surface area contributed by atoms with Crippen molar-refractivity contribution in [3.63, 3.8) is 0 Å². The van der Waals surface area contributed by atoms with E-state index in [1.165, 1.54) is 18.6 Å². The SMILES string of the molecule is Cc1cn2nc([C@@H]3CCCCN3C(=O)c3cc(Cl)ccc3NS(C)(=O)=O)cc2nc1N1CC2NCC[C@H]2C1. The van der Waals surface area contributed by atoms with E-state index in [9.17, 15) is 13.2 Å². The summed E-state index contributed by atoms with van der Waals surface area (Å²) in [5.74, 6) is 1.39. The molecule has 10 nitrogen and oxygen atoms in total. The van der Waals surface area contributed by atoms with Crippen LogP contribution in [0, 0.1) is 12.8 Å². The number of nitrogens with one attached hydrogen (secondary N) is 2. The predicted octanol–water partition coefficient (Wildman–Crippen LogP) is 3.23. The van der Waals surface area contributed by atoms with Crippen LogP contribution in [-0.4, -0.2) is 72.3 Å². The Hall–Kier alpha value is -2.89. The summed E-state index contributed by atoms with van der Waals surface area (Å²) in [6.07, 6.45) is 6.87. The van der Waals surface area contributed by atoms with Crippen LogP contribution < -0.4 is 14.9 Å². The van der Waals surface area contributed by atoms with Crippen molar-refractivity contribution in [1.29, 1.82) is 0 Å². The number of nitrogens with zero attached hydrogens (tertiary/aromatic N) is 5. The van der Waals surface area contributed by atoms with Crippen LogP contribution in [0.4, 0.5) is 11.5 Å². The minimum Gasteiger partial charge on any atom is -0.354 e. The molecule has 5 heterocycles. The van der Waals surface area contributed by atoms with Crippen molar-refractivity contribution in [2.45, 2.75) is 44.7 Å². The number of benzene rings is 1. The van der Waals surface area contributed by atoms with Crippen LogP contribution >= 0.6 is 11.6 Å². The van der Waals surface area contributed by atoms with E-state index >= 15 is 0 Å². The van der Waals surface area contributed by atoms with Crippen molar-refractivity contribution in [2.24, 2.45) is 5.92 Å². The highest BCUT2D eigenvalue weighted by atomic mass is 35.5. The van der Waals surface area contributed by atoms with Crippen LogP contribution in [0.5, 0.6) is 0 Å². The third-order valence-corrected chi connectivity index (χ3v) is 8.72. The maximum Gasteiger partial charge on any atom is 0.256 e. The summed E-state index contributed by atoms with van der Waals surface area (Å²) in [6.45, 7) is 5.68. The molecule has 1 amide bonds. The zero-order valence-electron chi connectivity index (χ0n) is 21.5. The van der Waals surface area contributed by atoms with Gasteiger partial charge in [-0.05, 0) is 63.3 Å². The van der Waals surface area contributed by atoms with Crippen molar-refractivity contribution in [3.05, 3.63) is 52.3 Å². The summed E-state index contributed by atoms with van der Waals surface area (Å²) in [5.41, 5.74) is 3.04. The maximum absolute atomic E-state index is 13.8. The Morgan fingerprint density at radius 2 is 2.03 bits per heavy atom. The molecule has 3 aliphatic heterocycles. The van der Waals surface area contributed by atoms with Crippen molar-refractivity contribution >= 4 is 44.7 Å². The molecule has 1 aromatic carbocycles. The zero-order valence-corrected chi connectivity index (χ0v) is 23.1. The van der Waals surface area contributed by atoms with Gasteiger partial charge in [-0.15, -0.1) is 0 Å². The standard InChI is InChI=1S/C26H32ClN7O3S/c1-16-13-34-24(29-25(16)32-14-17-8-9-28-22(17)15-32)12-21(30-34)23-5-3-4-10-33(23)26(35)19-11-18(27)6-7-20(19)31-38(2,36)37/h6-7,11-13,17,22-23,28,31H,3-5,8-10,14-15H2,1-2H3/t17-,22?,23-/m0/s1. The summed E-state index contributed by atoms with van der Waals surface area (Å²) in [7, 11) is -3.58. The first-order valence-corrected chi connectivity index (χ1v) is 15.4. The Morgan fingerprint density at radius 3 is 2.82 bits per heavy atom. The number of fused-ring (bicyclic) bond motifs is 2. The van der Waals surface area contributed by atoms with Gasteiger partial charge in [0.15, 0.2) is 5.65 Å². The molecular weight excluding hydrogens is 526 g/mol. The minimum atomic E-state index is -3.58. The van der Waals surface area contributed by atoms with Gasteiger partial charge in [-0.2, -0.15) is 5.10 Å². The summed E-state index contributed by atoms with van der Waals surface area (Å²) in [4.78, 5) is 23.0. The number of carbonyl (C=O) groups excluding carboxylic acids is 1. The van der Waals surface area contributed by atoms with E-state index in [-0.39, 0.29) is 23.2 Å². The number of piperidine rings is 1. The van der Waals surface area contributed by atoms with E-state index in [4.69, 9.17) is 21.7 Å². The molecule has 3 fully saturated rings. The smallest absolute Gasteiger partial charge is 0.256 e. The molecule has 2 N–H and O–H groups in total. The number of hydrogen-bond donors (Lipinski definition) is 2. The van der Waals surface area contributed by atoms with Gasteiger partial charge in [-0.1, -0.05) is 11.6 Å². The Balaban J connectivity index is 1.31. The molecule has 3 saturated heterocycles. The highest BCUT2D eigenvalue weighted by molar-refractivity contribution is 7.92. The quantitative estimate of drug-likeness (QED) is 0.495. The van der Waals surface area contributed by atoms with Crippen LogP contribution in [0.3, 0.4) is 0 Å². The number of likely N-dealkylation sites (tertiary alicyclic amines) is 1. The lowest BCUT2D eigenvalue weighted by Gasteiger charge is -2.35. The second-order valence-corrected chi connectivity index (χ2v) is 12.9. The van der Waals surface area contributed by atoms with Crippen LogP contribution in [0.25, 0.3) is 5.65 Å². The van der Waals surface area contributed by atoms with Gasteiger partial charge < -0.3 is 15.1 Å². The molecule has 0 radical (unpaired) electrons. The van der Waals surface area contributed by atoms with Gasteiger partial charge in [-0.3, -0.25) is 9.52 Å². The predicted molar refractivity (Wildman–Crippen MR) is 147 cm³/mol. The van der Waals surface area contributed by atoms with E-state index in [0.717, 1.165) is 67.9 Å². The fraction of sp³-hybridized carbons (Fsp3) is 0.500. The molecule has 38 heavy (non-hydrogen) atoms. The number of rotatable bonds is 5. The maximum atomic E-state index is 13.8. The number of hydrogen-bond acceptors (Lipinski definition) is 7. The molecule has 1 unspecified atom stereocenters. The lowest BCUT2D eigenvalue weighted by molar-refractivity contribution is 0.0607. The van der Waals surface area contributed by atoms with E-state index in [0.29, 0.717) is 23.5 Å². The van der Waals surface area contributed by atoms with Gasteiger partial charge >= 0.3 is 0 Å². The minimum absolute atomic E-state index is 0.216. The summed E-state index contributed by atoms with van der Waals surface area (Å²) >= 11 is 6.21. The zero-order chi connectivity index (χ0) is 26.6. The van der Waals surface area contributed by atoms with Crippen LogP contribution in [-0.2, 0) is 10.0 Å². The van der Waals surface area contributed by atoms with E-state index < -0.39 is 10.0 Å². The van der Waals surface area contributed by atoms with Gasteiger partial charge in [-0.25, -0.2) is 17.9 Å². The number of aryl methyl sites for hydroxylation is 1. The van der Waals surface area contributed by atoms with Gasteiger partial charge in [0, 0.05) is 48.5 Å². The largest absolute Gasteiger partial charge is 0.354 e. The second-order valence-electron chi connectivity index (χ2n) is 10.7. The molecule has 0 bridgehead atoms. The first-order chi connectivity index (χ1) is 18.2. The van der Waals surface area contributed by atoms with Gasteiger partial charge in [0.05, 0.1) is 29.2 Å². The Kier molecular flexibility index (Phi) is 6.48. The van der Waals surface area contributed by atoms with Crippen LogP contribution in [0.1, 0.15) is 53.3 Å². The molecule has 12 heteroatoms. The van der Waals surface area contributed by atoms with E-state index in [1.807, 2.05) is 12.3 Å². The van der Waals surface area contributed by atoms with E-state index in [1.54, 1.807) is 15.5 Å². The molecule has 202 valence electrons. The Bertz CT molecular complexity index is 1500. The molecular formula is C26H32ClN7O3S. The molecule has 2 aromatic heterocycles. The first-order valence-electron chi connectivity index (χ1n) is 13.1. The van der Waals surface area contributed by atoms with Gasteiger partial charge in [0.25, 0.3) is 5.91 Å². The van der Waals surface area contributed by atoms with E-state index in [2.05, 4.69) is 21.9 Å². The average Bonchev–Trinajstić information content (AvgIpc) is 3.58. The lowest BCUT2D eigenvalue weighted by atomic mass is 9.98. The molecule has 3 aromatic rings. The number of halogens is 1. The number of sulfonamides is 1. The third kappa shape index (κ3) is 4.83. The molecule has 0 saturated carbocycles.